The average Bonchev–Trinajstić information content (AvgIpc) is 1.69. The topological polar surface area (TPSA) is 12.9 Å². The summed E-state index contributed by atoms with van der Waals surface area (Å²) in [6, 6.07) is 4.77. The largest absolute Gasteiger partial charge is 0.391 e. The summed E-state index contributed by atoms with van der Waals surface area (Å²) in [5.74, 6) is 0. The van der Waals surface area contributed by atoms with Crippen molar-refractivity contribution in [1.29, 1.82) is 0 Å². The Morgan fingerprint density at radius 2 is 2.38 bits per heavy atom. The molecule has 0 N–H and O–H groups in total. The van der Waals surface area contributed by atoms with Gasteiger partial charge in [0.05, 0.1) is 0 Å². The van der Waals surface area contributed by atoms with E-state index in [1.165, 1.54) is 0 Å². The van der Waals surface area contributed by atoms with Crippen LogP contribution in [0.1, 0.15) is 5.56 Å². The van der Waals surface area contributed by atoms with Crippen LogP contribution in [0.3, 0.4) is 0 Å². The van der Waals surface area contributed by atoms with Gasteiger partial charge in [0.15, 0.2) is 0 Å². The maximum absolute atomic E-state index is 3.85. The minimum atomic E-state index is 0. The molecule has 0 aromatic carbocycles. The van der Waals surface area contributed by atoms with E-state index in [1.807, 2.05) is 6.92 Å². The second-order valence-corrected chi connectivity index (χ2v) is 1.42. The molecule has 1 aromatic rings. The number of hydrogen-bond donors (Lipinski definition) is 0. The number of pyridine rings is 1. The van der Waals surface area contributed by atoms with Crippen LogP contribution in [0.2, 0.25) is 0 Å². The van der Waals surface area contributed by atoms with Gasteiger partial charge in [0, 0.05) is 32.7 Å². The SMILES string of the molecule is Cc1[c-]ccnc1.[Y]. The van der Waals surface area contributed by atoms with E-state index in [4.69, 9.17) is 0 Å². The summed E-state index contributed by atoms with van der Waals surface area (Å²) in [5, 5.41) is 0. The first kappa shape index (κ1) is 8.25. The monoisotopic (exact) mass is 181 g/mol. The van der Waals surface area contributed by atoms with Crippen molar-refractivity contribution in [2.24, 2.45) is 0 Å². The van der Waals surface area contributed by atoms with E-state index in [1.54, 1.807) is 18.5 Å². The van der Waals surface area contributed by atoms with Gasteiger partial charge in [0.25, 0.3) is 0 Å². The summed E-state index contributed by atoms with van der Waals surface area (Å²) in [5.41, 5.74) is 1.09. The first-order valence-electron chi connectivity index (χ1n) is 2.18. The van der Waals surface area contributed by atoms with Crippen LogP contribution in [-0.4, -0.2) is 4.98 Å². The number of rotatable bonds is 0. The fraction of sp³-hybridized carbons (Fsp3) is 0.167. The minimum Gasteiger partial charge on any atom is -0.391 e. The molecular weight excluding hydrogens is 175 g/mol. The molecule has 0 spiro atoms. The quantitative estimate of drug-likeness (QED) is 0.547. The Balaban J connectivity index is 0.000000490. The smallest absolute Gasteiger partial charge is 0 e. The molecule has 0 aliphatic carbocycles. The van der Waals surface area contributed by atoms with Crippen LogP contribution in [0.25, 0.3) is 0 Å². The van der Waals surface area contributed by atoms with Gasteiger partial charge in [-0.1, -0.05) is 19.3 Å². The molecule has 1 rings (SSSR count). The molecule has 1 radical (unpaired) electrons. The van der Waals surface area contributed by atoms with Gasteiger partial charge >= 0.3 is 0 Å². The Labute approximate surface area is 74.4 Å². The molecule has 1 heterocycles. The molecule has 0 amide bonds. The van der Waals surface area contributed by atoms with E-state index in [0.29, 0.717) is 0 Å². The fourth-order valence-electron chi connectivity index (χ4n) is 0.404. The van der Waals surface area contributed by atoms with Crippen LogP contribution in [-0.2, 0) is 32.7 Å². The number of aryl methyl sites for hydroxylation is 1. The van der Waals surface area contributed by atoms with Gasteiger partial charge < -0.3 is 4.98 Å². The van der Waals surface area contributed by atoms with Crippen molar-refractivity contribution >= 4 is 0 Å². The molecule has 2 heteroatoms. The van der Waals surface area contributed by atoms with E-state index < -0.39 is 0 Å². The van der Waals surface area contributed by atoms with E-state index in [9.17, 15) is 0 Å². The third kappa shape index (κ3) is 2.53. The summed E-state index contributed by atoms with van der Waals surface area (Å²) < 4.78 is 0. The Hall–Kier alpha value is 0.254. The van der Waals surface area contributed by atoms with E-state index in [-0.39, 0.29) is 32.7 Å². The van der Waals surface area contributed by atoms with Gasteiger partial charge in [0.2, 0.25) is 0 Å². The van der Waals surface area contributed by atoms with Crippen LogP contribution >= 0.6 is 0 Å². The standard InChI is InChI=1S/C6H6N.Y/c1-6-3-2-4-7-5-6;/h2,4-5H,1H3;/q-1;. The summed E-state index contributed by atoms with van der Waals surface area (Å²) >= 11 is 0. The van der Waals surface area contributed by atoms with Gasteiger partial charge in [-0.05, 0) is 0 Å². The summed E-state index contributed by atoms with van der Waals surface area (Å²) in [6.07, 6.45) is 3.49. The first-order valence-corrected chi connectivity index (χ1v) is 2.18. The van der Waals surface area contributed by atoms with Crippen LogP contribution in [0.5, 0.6) is 0 Å². The molecule has 0 bridgehead atoms. The Kier molecular flexibility index (Phi) is 4.30. The minimum absolute atomic E-state index is 0. The molecule has 0 aliphatic rings. The Morgan fingerprint density at radius 1 is 1.62 bits per heavy atom. The zero-order valence-corrected chi connectivity index (χ0v) is 7.59. The molecule has 1 aromatic heterocycles. The Bertz CT molecular complexity index is 138. The average molecular weight is 181 g/mol. The molecule has 0 fully saturated rings. The molecule has 0 atom stereocenters. The molecule has 8 heavy (non-hydrogen) atoms. The van der Waals surface area contributed by atoms with E-state index >= 15 is 0 Å². The fourth-order valence-corrected chi connectivity index (χ4v) is 0.404. The van der Waals surface area contributed by atoms with Crippen LogP contribution in [0.15, 0.2) is 18.5 Å². The van der Waals surface area contributed by atoms with Crippen LogP contribution in [0, 0.1) is 13.0 Å². The summed E-state index contributed by atoms with van der Waals surface area (Å²) in [6.45, 7) is 1.97. The van der Waals surface area contributed by atoms with Gasteiger partial charge in [-0.25, -0.2) is 0 Å². The van der Waals surface area contributed by atoms with Gasteiger partial charge in [0.1, 0.15) is 0 Å². The zero-order chi connectivity index (χ0) is 5.11. The molecule has 0 saturated carbocycles. The van der Waals surface area contributed by atoms with E-state index in [2.05, 4.69) is 11.1 Å². The maximum Gasteiger partial charge on any atom is 0 e. The molecule has 0 saturated heterocycles. The van der Waals surface area contributed by atoms with Crippen molar-refractivity contribution in [3.63, 3.8) is 0 Å². The van der Waals surface area contributed by atoms with Crippen LogP contribution < -0.4 is 0 Å². The van der Waals surface area contributed by atoms with Crippen molar-refractivity contribution < 1.29 is 32.7 Å². The number of nitrogens with zero attached hydrogens (tertiary/aromatic N) is 1. The van der Waals surface area contributed by atoms with E-state index in [0.717, 1.165) is 5.56 Å². The second kappa shape index (κ2) is 4.16. The number of aromatic nitrogens is 1. The van der Waals surface area contributed by atoms with Crippen molar-refractivity contribution in [3.8, 4) is 0 Å². The van der Waals surface area contributed by atoms with Gasteiger partial charge in [-0.3, -0.25) is 0 Å². The summed E-state index contributed by atoms with van der Waals surface area (Å²) in [4.78, 5) is 3.85. The second-order valence-electron chi connectivity index (χ2n) is 1.42. The summed E-state index contributed by atoms with van der Waals surface area (Å²) in [7, 11) is 0. The molecule has 0 unspecified atom stereocenters. The molecular formula is C6H6NY-. The van der Waals surface area contributed by atoms with Crippen LogP contribution in [0.4, 0.5) is 0 Å². The first-order chi connectivity index (χ1) is 3.39. The van der Waals surface area contributed by atoms with Gasteiger partial charge in [-0.2, -0.15) is 12.1 Å². The number of hydrogen-bond acceptors (Lipinski definition) is 1. The molecule has 0 aliphatic heterocycles. The molecule has 1 nitrogen and oxygen atoms in total. The maximum atomic E-state index is 3.85. The third-order valence-corrected chi connectivity index (χ3v) is 0.740. The van der Waals surface area contributed by atoms with Crippen molar-refractivity contribution in [1.82, 2.24) is 4.98 Å². The van der Waals surface area contributed by atoms with Crippen molar-refractivity contribution in [2.75, 3.05) is 0 Å². The normalized spacial score (nSPS) is 7.62. The van der Waals surface area contributed by atoms with Crippen molar-refractivity contribution in [3.05, 3.63) is 30.1 Å². The molecule has 39 valence electrons. The predicted octanol–water partition coefficient (Wildman–Crippen LogP) is 1.19. The Morgan fingerprint density at radius 3 is 2.62 bits per heavy atom. The zero-order valence-electron chi connectivity index (χ0n) is 4.76. The predicted molar refractivity (Wildman–Crippen MR) is 27.8 cm³/mol. The van der Waals surface area contributed by atoms with Gasteiger partial charge in [-0.15, -0.1) is 5.56 Å². The third-order valence-electron chi connectivity index (χ3n) is 0.740. The van der Waals surface area contributed by atoms with Crippen molar-refractivity contribution in [2.45, 2.75) is 6.92 Å².